The van der Waals surface area contributed by atoms with Gasteiger partial charge in [0.1, 0.15) is 18.2 Å². The van der Waals surface area contributed by atoms with Crippen LogP contribution >= 0.6 is 0 Å². The summed E-state index contributed by atoms with van der Waals surface area (Å²) in [6, 6.07) is 0. The molecule has 0 aliphatic rings. The van der Waals surface area contributed by atoms with Gasteiger partial charge in [-0.2, -0.15) is 4.98 Å². The van der Waals surface area contributed by atoms with Gasteiger partial charge in [0.25, 0.3) is 0 Å². The third-order valence-corrected chi connectivity index (χ3v) is 2.33. The smallest absolute Gasteiger partial charge is 0.221 e. The van der Waals surface area contributed by atoms with Crippen LogP contribution in [0.3, 0.4) is 0 Å². The Morgan fingerprint density at radius 2 is 1.89 bits per heavy atom. The number of aryl methyl sites for hydroxylation is 1. The molecule has 1 aromatic heterocycles. The Labute approximate surface area is 109 Å². The molecule has 0 aliphatic heterocycles. The Hall–Kier alpha value is -1.36. The fourth-order valence-corrected chi connectivity index (χ4v) is 1.50. The number of nitrogens with one attached hydrogen (secondary N) is 1. The van der Waals surface area contributed by atoms with Crippen LogP contribution in [0.2, 0.25) is 0 Å². The van der Waals surface area contributed by atoms with Crippen molar-refractivity contribution in [1.29, 1.82) is 0 Å². The SMILES string of the molecule is CCNc1nc(C)nc(OCCOC(C)C)c1C. The molecule has 0 spiro atoms. The molecular formula is C13H23N3O2. The fourth-order valence-electron chi connectivity index (χ4n) is 1.50. The second-order valence-corrected chi connectivity index (χ2v) is 4.35. The van der Waals surface area contributed by atoms with Crippen LogP contribution in [0.25, 0.3) is 0 Å². The van der Waals surface area contributed by atoms with E-state index in [2.05, 4.69) is 15.3 Å². The van der Waals surface area contributed by atoms with Gasteiger partial charge < -0.3 is 14.8 Å². The molecule has 102 valence electrons. The molecule has 5 nitrogen and oxygen atoms in total. The normalized spacial score (nSPS) is 10.8. The summed E-state index contributed by atoms with van der Waals surface area (Å²) < 4.78 is 11.1. The average Bonchev–Trinajstić information content (AvgIpc) is 2.30. The van der Waals surface area contributed by atoms with Crippen molar-refractivity contribution in [3.8, 4) is 5.88 Å². The molecule has 0 bridgehead atoms. The van der Waals surface area contributed by atoms with Crippen molar-refractivity contribution in [2.24, 2.45) is 0 Å². The molecule has 0 aromatic carbocycles. The summed E-state index contributed by atoms with van der Waals surface area (Å²) in [6.45, 7) is 11.7. The zero-order valence-electron chi connectivity index (χ0n) is 11.9. The first kappa shape index (κ1) is 14.7. The van der Waals surface area contributed by atoms with Crippen LogP contribution in [0.1, 0.15) is 32.2 Å². The van der Waals surface area contributed by atoms with Crippen LogP contribution in [0.4, 0.5) is 5.82 Å². The van der Waals surface area contributed by atoms with E-state index in [1.165, 1.54) is 0 Å². The van der Waals surface area contributed by atoms with Crippen molar-refractivity contribution in [2.45, 2.75) is 40.7 Å². The molecular weight excluding hydrogens is 230 g/mol. The summed E-state index contributed by atoms with van der Waals surface area (Å²) in [7, 11) is 0. The van der Waals surface area contributed by atoms with E-state index >= 15 is 0 Å². The Kier molecular flexibility index (Phi) is 5.85. The van der Waals surface area contributed by atoms with Gasteiger partial charge in [-0.1, -0.05) is 0 Å². The first-order valence-electron chi connectivity index (χ1n) is 6.38. The lowest BCUT2D eigenvalue weighted by Gasteiger charge is -2.13. The molecule has 0 unspecified atom stereocenters. The summed E-state index contributed by atoms with van der Waals surface area (Å²) in [4.78, 5) is 8.65. The molecule has 1 aromatic rings. The van der Waals surface area contributed by atoms with Gasteiger partial charge in [0.2, 0.25) is 5.88 Å². The topological polar surface area (TPSA) is 56.3 Å². The van der Waals surface area contributed by atoms with Crippen molar-refractivity contribution < 1.29 is 9.47 Å². The highest BCUT2D eigenvalue weighted by molar-refractivity contribution is 5.48. The molecule has 0 fully saturated rings. The van der Waals surface area contributed by atoms with Gasteiger partial charge in [-0.3, -0.25) is 0 Å². The van der Waals surface area contributed by atoms with Crippen LogP contribution in [0.5, 0.6) is 5.88 Å². The summed E-state index contributed by atoms with van der Waals surface area (Å²) in [5.74, 6) is 2.17. The summed E-state index contributed by atoms with van der Waals surface area (Å²) >= 11 is 0. The van der Waals surface area contributed by atoms with Crippen LogP contribution in [0.15, 0.2) is 0 Å². The quantitative estimate of drug-likeness (QED) is 0.756. The minimum atomic E-state index is 0.221. The molecule has 0 radical (unpaired) electrons. The molecule has 18 heavy (non-hydrogen) atoms. The molecule has 5 heteroatoms. The maximum Gasteiger partial charge on any atom is 0.221 e. The van der Waals surface area contributed by atoms with Crippen molar-refractivity contribution in [1.82, 2.24) is 9.97 Å². The van der Waals surface area contributed by atoms with Crippen LogP contribution in [-0.2, 0) is 4.74 Å². The van der Waals surface area contributed by atoms with Gasteiger partial charge in [-0.15, -0.1) is 0 Å². The van der Waals surface area contributed by atoms with Crippen molar-refractivity contribution in [3.05, 3.63) is 11.4 Å². The van der Waals surface area contributed by atoms with E-state index in [0.717, 1.165) is 17.9 Å². The molecule has 0 saturated carbocycles. The predicted molar refractivity (Wildman–Crippen MR) is 72.3 cm³/mol. The molecule has 1 rings (SSSR count). The average molecular weight is 253 g/mol. The highest BCUT2D eigenvalue weighted by Gasteiger charge is 2.09. The zero-order valence-corrected chi connectivity index (χ0v) is 11.9. The van der Waals surface area contributed by atoms with Crippen molar-refractivity contribution in [2.75, 3.05) is 25.1 Å². The maximum atomic E-state index is 5.64. The van der Waals surface area contributed by atoms with Crippen LogP contribution in [0, 0.1) is 13.8 Å². The lowest BCUT2D eigenvalue weighted by molar-refractivity contribution is 0.0540. The number of hydrogen-bond donors (Lipinski definition) is 1. The monoisotopic (exact) mass is 253 g/mol. The Balaban J connectivity index is 2.64. The first-order valence-corrected chi connectivity index (χ1v) is 6.38. The van der Waals surface area contributed by atoms with E-state index in [9.17, 15) is 0 Å². The summed E-state index contributed by atoms with van der Waals surface area (Å²) in [6.07, 6.45) is 0.221. The van der Waals surface area contributed by atoms with Crippen molar-refractivity contribution >= 4 is 5.82 Å². The maximum absolute atomic E-state index is 5.64. The summed E-state index contributed by atoms with van der Waals surface area (Å²) in [5.41, 5.74) is 0.937. The Bertz CT molecular complexity index is 381. The summed E-state index contributed by atoms with van der Waals surface area (Å²) in [5, 5.41) is 3.20. The standard InChI is InChI=1S/C13H23N3O2/c1-6-14-12-10(4)13(16-11(5)15-12)18-8-7-17-9(2)3/h9H,6-8H2,1-5H3,(H,14,15,16). The zero-order chi connectivity index (χ0) is 13.5. The number of anilines is 1. The highest BCUT2D eigenvalue weighted by atomic mass is 16.5. The Morgan fingerprint density at radius 3 is 2.50 bits per heavy atom. The molecule has 0 aliphatic carbocycles. The van der Waals surface area contributed by atoms with Gasteiger partial charge in [0.05, 0.1) is 18.3 Å². The van der Waals surface area contributed by atoms with E-state index in [4.69, 9.17) is 9.47 Å². The van der Waals surface area contributed by atoms with E-state index < -0.39 is 0 Å². The van der Waals surface area contributed by atoms with Gasteiger partial charge in [-0.25, -0.2) is 4.98 Å². The molecule has 1 heterocycles. The lowest BCUT2D eigenvalue weighted by atomic mass is 10.3. The molecule has 0 atom stereocenters. The van der Waals surface area contributed by atoms with Crippen LogP contribution < -0.4 is 10.1 Å². The van der Waals surface area contributed by atoms with Crippen LogP contribution in [-0.4, -0.2) is 35.8 Å². The van der Waals surface area contributed by atoms with E-state index in [-0.39, 0.29) is 6.10 Å². The molecule has 0 saturated heterocycles. The van der Waals surface area contributed by atoms with Gasteiger partial charge in [0, 0.05) is 6.54 Å². The van der Waals surface area contributed by atoms with Gasteiger partial charge in [0.15, 0.2) is 0 Å². The third-order valence-electron chi connectivity index (χ3n) is 2.33. The van der Waals surface area contributed by atoms with Gasteiger partial charge in [-0.05, 0) is 34.6 Å². The molecule has 1 N–H and O–H groups in total. The fraction of sp³-hybridized carbons (Fsp3) is 0.692. The van der Waals surface area contributed by atoms with E-state index in [1.54, 1.807) is 0 Å². The molecule has 0 amide bonds. The minimum Gasteiger partial charge on any atom is -0.475 e. The first-order chi connectivity index (χ1) is 8.54. The lowest BCUT2D eigenvalue weighted by Crippen LogP contribution is -2.13. The number of ether oxygens (including phenoxy) is 2. The van der Waals surface area contributed by atoms with E-state index in [0.29, 0.717) is 24.9 Å². The second-order valence-electron chi connectivity index (χ2n) is 4.35. The number of nitrogens with zero attached hydrogens (tertiary/aromatic N) is 2. The predicted octanol–water partition coefficient (Wildman–Crippen LogP) is 2.33. The number of hydrogen-bond acceptors (Lipinski definition) is 5. The second kappa shape index (κ2) is 7.16. The minimum absolute atomic E-state index is 0.221. The number of aromatic nitrogens is 2. The largest absolute Gasteiger partial charge is 0.475 e. The highest BCUT2D eigenvalue weighted by Crippen LogP contribution is 2.21. The number of rotatable bonds is 7. The third kappa shape index (κ3) is 4.49. The Morgan fingerprint density at radius 1 is 1.17 bits per heavy atom. The van der Waals surface area contributed by atoms with Gasteiger partial charge >= 0.3 is 0 Å². The van der Waals surface area contributed by atoms with Crippen molar-refractivity contribution in [3.63, 3.8) is 0 Å². The van der Waals surface area contributed by atoms with E-state index in [1.807, 2.05) is 34.6 Å².